The van der Waals surface area contributed by atoms with Crippen molar-refractivity contribution < 1.29 is 24.5 Å². The first-order chi connectivity index (χ1) is 15.9. The van der Waals surface area contributed by atoms with Gasteiger partial charge < -0.3 is 24.5 Å². The molecule has 176 valence electrons. The number of benzene rings is 2. The van der Waals surface area contributed by atoms with E-state index in [9.17, 15) is 10.2 Å². The minimum atomic E-state index is -0.232. The van der Waals surface area contributed by atoms with Gasteiger partial charge in [-0.05, 0) is 90.7 Å². The molecule has 0 saturated heterocycles. The van der Waals surface area contributed by atoms with Gasteiger partial charge in [0.25, 0.3) is 0 Å². The summed E-state index contributed by atoms with van der Waals surface area (Å²) in [4.78, 5) is 5.82. The van der Waals surface area contributed by atoms with Crippen molar-refractivity contribution in [3.05, 3.63) is 53.1 Å². The second kappa shape index (κ2) is 8.56. The number of aliphatic hydroxyl groups is 1. The number of fused-ring (bicyclic) bond motifs is 5. The number of aliphatic hydroxyl groups excluding tert-OH is 1. The lowest BCUT2D eigenvalue weighted by atomic mass is 9.55. The van der Waals surface area contributed by atoms with Gasteiger partial charge in [0.1, 0.15) is 12.4 Å². The topological polar surface area (TPSA) is 80.5 Å². The van der Waals surface area contributed by atoms with E-state index in [4.69, 9.17) is 14.3 Å². The van der Waals surface area contributed by atoms with Crippen LogP contribution in [0.1, 0.15) is 61.6 Å². The van der Waals surface area contributed by atoms with Crippen LogP contribution in [0, 0.1) is 17.3 Å². The number of oxime groups is 1. The van der Waals surface area contributed by atoms with Crippen molar-refractivity contribution in [1.82, 2.24) is 0 Å². The van der Waals surface area contributed by atoms with Crippen LogP contribution in [0.4, 0.5) is 0 Å². The second-order valence-corrected chi connectivity index (χ2v) is 9.99. The van der Waals surface area contributed by atoms with E-state index in [1.165, 1.54) is 5.56 Å². The Hall–Kier alpha value is -2.73. The molecule has 0 aliphatic heterocycles. The van der Waals surface area contributed by atoms with Crippen molar-refractivity contribution in [3.63, 3.8) is 0 Å². The molecule has 3 aliphatic rings. The zero-order chi connectivity index (χ0) is 23.2. The average Bonchev–Trinajstić information content (AvgIpc) is 3.13. The lowest BCUT2D eigenvalue weighted by Gasteiger charge is -2.50. The third-order valence-corrected chi connectivity index (χ3v) is 8.42. The minimum absolute atomic E-state index is 0.0355. The van der Waals surface area contributed by atoms with Crippen molar-refractivity contribution in [2.45, 2.75) is 57.7 Å². The van der Waals surface area contributed by atoms with Gasteiger partial charge in [-0.2, -0.15) is 0 Å². The Morgan fingerprint density at radius 2 is 1.94 bits per heavy atom. The molecule has 2 aromatic carbocycles. The van der Waals surface area contributed by atoms with E-state index < -0.39 is 0 Å². The van der Waals surface area contributed by atoms with E-state index in [1.54, 1.807) is 20.3 Å². The number of ether oxygens (including phenoxy) is 2. The maximum absolute atomic E-state index is 10.7. The summed E-state index contributed by atoms with van der Waals surface area (Å²) in [6, 6.07) is 11.5. The number of rotatable bonds is 5. The fourth-order valence-electron chi connectivity index (χ4n) is 6.60. The van der Waals surface area contributed by atoms with E-state index in [0.717, 1.165) is 54.7 Å². The molecular weight excluding hydrogens is 418 g/mol. The molecule has 0 bridgehead atoms. The molecule has 2 fully saturated rings. The van der Waals surface area contributed by atoms with Crippen LogP contribution in [-0.2, 0) is 11.4 Å². The summed E-state index contributed by atoms with van der Waals surface area (Å²) in [7, 11) is 3.23. The molecular formula is C27H33NO5. The summed E-state index contributed by atoms with van der Waals surface area (Å²) < 4.78 is 10.7. The van der Waals surface area contributed by atoms with Crippen molar-refractivity contribution in [2.75, 3.05) is 14.2 Å². The molecule has 5 rings (SSSR count). The quantitative estimate of drug-likeness (QED) is 0.625. The van der Waals surface area contributed by atoms with Gasteiger partial charge in [-0.1, -0.05) is 24.2 Å². The van der Waals surface area contributed by atoms with Crippen molar-refractivity contribution >= 4 is 5.71 Å². The van der Waals surface area contributed by atoms with E-state index in [2.05, 4.69) is 12.1 Å². The monoisotopic (exact) mass is 451 g/mol. The van der Waals surface area contributed by atoms with Gasteiger partial charge in [0.2, 0.25) is 0 Å². The zero-order valence-electron chi connectivity index (χ0n) is 19.6. The predicted molar refractivity (Wildman–Crippen MR) is 126 cm³/mol. The zero-order valence-corrected chi connectivity index (χ0v) is 19.6. The molecule has 5 atom stereocenters. The second-order valence-electron chi connectivity index (χ2n) is 9.99. The Morgan fingerprint density at radius 1 is 1.09 bits per heavy atom. The van der Waals surface area contributed by atoms with E-state index in [0.29, 0.717) is 30.1 Å². The van der Waals surface area contributed by atoms with Crippen LogP contribution in [0.3, 0.4) is 0 Å². The molecule has 3 aliphatic carbocycles. The first kappa shape index (κ1) is 22.1. The third kappa shape index (κ3) is 3.74. The van der Waals surface area contributed by atoms with Crippen molar-refractivity contribution in [3.8, 4) is 17.2 Å². The Balaban J connectivity index is 1.48. The van der Waals surface area contributed by atoms with Gasteiger partial charge in [-0.3, -0.25) is 0 Å². The van der Waals surface area contributed by atoms with Crippen LogP contribution in [0.2, 0.25) is 0 Å². The number of methoxy groups -OCH3 is 2. The molecule has 2 N–H and O–H groups in total. The molecule has 0 aromatic heterocycles. The number of phenols is 1. The molecule has 0 amide bonds. The van der Waals surface area contributed by atoms with Gasteiger partial charge in [-0.15, -0.1) is 0 Å². The largest absolute Gasteiger partial charge is 0.504 e. The Kier molecular flexibility index (Phi) is 5.73. The number of phenolic OH excluding ortho intramolecular Hbond substituents is 1. The smallest absolute Gasteiger partial charge is 0.160 e. The SMILES string of the molecule is COc1cccc(CON=C2C[C@@H]3[C@H](CC[C@]4(C)[C@H](O)CC[C@@H]34)c3cc(OC)c(O)cc32)c1. The van der Waals surface area contributed by atoms with E-state index in [-0.39, 0.29) is 17.3 Å². The Labute approximate surface area is 195 Å². The molecule has 33 heavy (non-hydrogen) atoms. The van der Waals surface area contributed by atoms with Gasteiger partial charge in [0, 0.05) is 5.56 Å². The first-order valence-electron chi connectivity index (χ1n) is 11.9. The molecule has 2 aromatic rings. The van der Waals surface area contributed by atoms with Gasteiger partial charge in [0.05, 0.1) is 26.0 Å². The van der Waals surface area contributed by atoms with Crippen LogP contribution in [0.15, 0.2) is 41.6 Å². The summed E-state index contributed by atoms with van der Waals surface area (Å²) in [5.74, 6) is 2.60. The van der Waals surface area contributed by atoms with Gasteiger partial charge in [0.15, 0.2) is 11.5 Å². The van der Waals surface area contributed by atoms with E-state index in [1.807, 2.05) is 30.3 Å². The van der Waals surface area contributed by atoms with Crippen LogP contribution < -0.4 is 9.47 Å². The molecule has 6 nitrogen and oxygen atoms in total. The molecule has 6 heteroatoms. The van der Waals surface area contributed by atoms with Crippen molar-refractivity contribution in [1.29, 1.82) is 0 Å². The Morgan fingerprint density at radius 3 is 2.73 bits per heavy atom. The van der Waals surface area contributed by atoms with E-state index >= 15 is 0 Å². The summed E-state index contributed by atoms with van der Waals surface area (Å²) in [5, 5.41) is 25.8. The maximum Gasteiger partial charge on any atom is 0.160 e. The van der Waals surface area contributed by atoms with Gasteiger partial charge >= 0.3 is 0 Å². The highest BCUT2D eigenvalue weighted by atomic mass is 16.6. The number of nitrogens with zero attached hydrogens (tertiary/aromatic N) is 1. The first-order valence-corrected chi connectivity index (χ1v) is 11.9. The number of hydrogen-bond acceptors (Lipinski definition) is 6. The molecule has 0 radical (unpaired) electrons. The standard InChI is InChI=1S/C27H33NO5/c1-27-10-9-18-19-14-25(32-3)24(29)13-21(19)23(12-20(18)22(27)7-8-26(27)30)28-33-15-16-5-4-6-17(11-16)31-2/h4-6,11,13-14,18,20,22,26,29-30H,7-10,12,15H2,1-3H3/t18-,20-,22+,26-,27+/m1/s1. The predicted octanol–water partition coefficient (Wildman–Crippen LogP) is 5.00. The lowest BCUT2D eigenvalue weighted by molar-refractivity contribution is -0.0180. The maximum atomic E-state index is 10.7. The molecule has 0 heterocycles. The van der Waals surface area contributed by atoms with Crippen molar-refractivity contribution in [2.24, 2.45) is 22.4 Å². The fraction of sp³-hybridized carbons (Fsp3) is 0.519. The van der Waals surface area contributed by atoms with Gasteiger partial charge in [-0.25, -0.2) is 0 Å². The highest BCUT2D eigenvalue weighted by Crippen LogP contribution is 2.61. The van der Waals surface area contributed by atoms with Crippen LogP contribution >= 0.6 is 0 Å². The lowest BCUT2D eigenvalue weighted by Crippen LogP contribution is -2.45. The third-order valence-electron chi connectivity index (χ3n) is 8.42. The molecule has 2 saturated carbocycles. The van der Waals surface area contributed by atoms with Crippen LogP contribution in [0.5, 0.6) is 17.2 Å². The summed E-state index contributed by atoms with van der Waals surface area (Å²) in [6.07, 6.45) is 4.50. The number of hydrogen-bond donors (Lipinski definition) is 2. The Bertz CT molecular complexity index is 1070. The summed E-state index contributed by atoms with van der Waals surface area (Å²) in [6.45, 7) is 2.60. The molecule has 0 spiro atoms. The average molecular weight is 452 g/mol. The highest BCUT2D eigenvalue weighted by Gasteiger charge is 2.55. The summed E-state index contributed by atoms with van der Waals surface area (Å²) >= 11 is 0. The summed E-state index contributed by atoms with van der Waals surface area (Å²) in [5.41, 5.74) is 3.93. The minimum Gasteiger partial charge on any atom is -0.504 e. The van der Waals surface area contributed by atoms with Crippen LogP contribution in [0.25, 0.3) is 0 Å². The molecule has 0 unspecified atom stereocenters. The fourth-order valence-corrected chi connectivity index (χ4v) is 6.60. The number of aromatic hydroxyl groups is 1. The highest BCUT2D eigenvalue weighted by molar-refractivity contribution is 6.03. The van der Waals surface area contributed by atoms with Crippen LogP contribution in [-0.4, -0.2) is 36.2 Å². The normalized spacial score (nSPS) is 31.5.